The van der Waals surface area contributed by atoms with Crippen LogP contribution in [-0.4, -0.2) is 5.91 Å². The standard InChI is InChI=1S/C14H12ClFN2O2/c1-7-4-8(2-3-10(7)15)20-13-5-9(14(18)19)12(17)6-11(13)16/h2-6H,17H2,1H3,(H2,18,19). The lowest BCUT2D eigenvalue weighted by Crippen LogP contribution is -2.14. The van der Waals surface area contributed by atoms with Crippen molar-refractivity contribution in [3.05, 3.63) is 52.3 Å². The molecule has 2 aromatic carbocycles. The van der Waals surface area contributed by atoms with Crippen LogP contribution in [-0.2, 0) is 0 Å². The Hall–Kier alpha value is -2.27. The molecule has 2 rings (SSSR count). The molecule has 4 N–H and O–H groups in total. The summed E-state index contributed by atoms with van der Waals surface area (Å²) in [6, 6.07) is 7.06. The number of amides is 1. The number of carbonyl (C=O) groups excluding carboxylic acids is 1. The van der Waals surface area contributed by atoms with Gasteiger partial charge in [0.15, 0.2) is 11.6 Å². The topological polar surface area (TPSA) is 78.3 Å². The van der Waals surface area contributed by atoms with E-state index in [1.807, 2.05) is 0 Å². The molecule has 20 heavy (non-hydrogen) atoms. The molecule has 4 nitrogen and oxygen atoms in total. The van der Waals surface area contributed by atoms with Gasteiger partial charge >= 0.3 is 0 Å². The number of hydrogen-bond acceptors (Lipinski definition) is 3. The van der Waals surface area contributed by atoms with Gasteiger partial charge in [-0.2, -0.15) is 0 Å². The van der Waals surface area contributed by atoms with E-state index < -0.39 is 11.7 Å². The van der Waals surface area contributed by atoms with Gasteiger partial charge in [-0.05, 0) is 36.8 Å². The Bertz CT molecular complexity index is 689. The SMILES string of the molecule is Cc1cc(Oc2cc(C(N)=O)c(N)cc2F)ccc1Cl. The highest BCUT2D eigenvalue weighted by atomic mass is 35.5. The summed E-state index contributed by atoms with van der Waals surface area (Å²) >= 11 is 5.90. The number of halogens is 2. The van der Waals surface area contributed by atoms with E-state index in [9.17, 15) is 9.18 Å². The van der Waals surface area contributed by atoms with E-state index in [-0.39, 0.29) is 17.0 Å². The van der Waals surface area contributed by atoms with Crippen molar-refractivity contribution < 1.29 is 13.9 Å². The smallest absolute Gasteiger partial charge is 0.250 e. The molecule has 0 fully saturated rings. The van der Waals surface area contributed by atoms with Crippen LogP contribution in [0.2, 0.25) is 5.02 Å². The number of hydrogen-bond donors (Lipinski definition) is 2. The second-order valence-electron chi connectivity index (χ2n) is 4.25. The van der Waals surface area contributed by atoms with Crippen molar-refractivity contribution in [1.82, 2.24) is 0 Å². The molecule has 0 unspecified atom stereocenters. The highest BCUT2D eigenvalue weighted by Gasteiger charge is 2.13. The van der Waals surface area contributed by atoms with E-state index >= 15 is 0 Å². The second-order valence-corrected chi connectivity index (χ2v) is 4.65. The average molecular weight is 295 g/mol. The Kier molecular flexibility index (Phi) is 3.81. The maximum absolute atomic E-state index is 13.8. The molecule has 0 aliphatic heterocycles. The third kappa shape index (κ3) is 2.83. The summed E-state index contributed by atoms with van der Waals surface area (Å²) in [5, 5.41) is 0.577. The maximum Gasteiger partial charge on any atom is 0.250 e. The molecule has 0 saturated heterocycles. The van der Waals surface area contributed by atoms with Gasteiger partial charge in [0.05, 0.1) is 5.56 Å². The minimum atomic E-state index is -0.750. The van der Waals surface area contributed by atoms with Crippen molar-refractivity contribution in [3.63, 3.8) is 0 Å². The van der Waals surface area contributed by atoms with Crippen LogP contribution in [0, 0.1) is 12.7 Å². The van der Waals surface area contributed by atoms with Crippen LogP contribution in [0.1, 0.15) is 15.9 Å². The van der Waals surface area contributed by atoms with Crippen molar-refractivity contribution in [2.24, 2.45) is 5.73 Å². The van der Waals surface area contributed by atoms with Gasteiger partial charge < -0.3 is 16.2 Å². The third-order valence-electron chi connectivity index (χ3n) is 2.73. The molecule has 0 heterocycles. The van der Waals surface area contributed by atoms with Crippen LogP contribution in [0.5, 0.6) is 11.5 Å². The minimum Gasteiger partial charge on any atom is -0.454 e. The zero-order chi connectivity index (χ0) is 14.9. The number of anilines is 1. The van der Waals surface area contributed by atoms with Crippen LogP contribution in [0.25, 0.3) is 0 Å². The van der Waals surface area contributed by atoms with Gasteiger partial charge in [-0.1, -0.05) is 11.6 Å². The fourth-order valence-electron chi connectivity index (χ4n) is 1.67. The Balaban J connectivity index is 2.40. The summed E-state index contributed by atoms with van der Waals surface area (Å²) in [6.07, 6.45) is 0. The summed E-state index contributed by atoms with van der Waals surface area (Å²) in [6.45, 7) is 1.80. The molecule has 1 amide bonds. The molecule has 0 atom stereocenters. The normalized spacial score (nSPS) is 10.3. The first kappa shape index (κ1) is 14.1. The molecule has 0 spiro atoms. The number of nitrogens with two attached hydrogens (primary N) is 2. The van der Waals surface area contributed by atoms with Crippen LogP contribution < -0.4 is 16.2 Å². The number of benzene rings is 2. The van der Waals surface area contributed by atoms with E-state index in [0.29, 0.717) is 10.8 Å². The summed E-state index contributed by atoms with van der Waals surface area (Å²) in [4.78, 5) is 11.2. The predicted octanol–water partition coefficient (Wildman–Crippen LogP) is 3.26. The van der Waals surface area contributed by atoms with Gasteiger partial charge in [0.2, 0.25) is 0 Å². The van der Waals surface area contributed by atoms with Crippen molar-refractivity contribution in [2.45, 2.75) is 6.92 Å². The zero-order valence-electron chi connectivity index (χ0n) is 10.6. The number of aryl methyl sites for hydroxylation is 1. The van der Waals surface area contributed by atoms with Crippen LogP contribution >= 0.6 is 11.6 Å². The van der Waals surface area contributed by atoms with Gasteiger partial charge in [0, 0.05) is 16.8 Å². The van der Waals surface area contributed by atoms with E-state index in [1.54, 1.807) is 25.1 Å². The predicted molar refractivity (Wildman–Crippen MR) is 75.6 cm³/mol. The monoisotopic (exact) mass is 294 g/mol. The second kappa shape index (κ2) is 5.38. The van der Waals surface area contributed by atoms with Gasteiger partial charge in [0.1, 0.15) is 5.75 Å². The number of nitrogen functional groups attached to an aromatic ring is 1. The summed E-state index contributed by atoms with van der Waals surface area (Å²) in [5.74, 6) is -1.17. The Labute approximate surface area is 120 Å². The van der Waals surface area contributed by atoms with Crippen LogP contribution in [0.4, 0.5) is 10.1 Å². The number of primary amides is 1. The molecule has 0 bridgehead atoms. The molecule has 2 aromatic rings. The summed E-state index contributed by atoms with van der Waals surface area (Å²) < 4.78 is 19.2. The van der Waals surface area contributed by atoms with Crippen molar-refractivity contribution >= 4 is 23.2 Å². The lowest BCUT2D eigenvalue weighted by Gasteiger charge is -2.10. The molecule has 0 radical (unpaired) electrons. The Morgan fingerprint density at radius 2 is 2.00 bits per heavy atom. The average Bonchev–Trinajstić information content (AvgIpc) is 2.36. The molecule has 0 aliphatic rings. The van der Waals surface area contributed by atoms with Gasteiger partial charge in [0.25, 0.3) is 5.91 Å². The molecular weight excluding hydrogens is 283 g/mol. The number of carbonyl (C=O) groups is 1. The maximum atomic E-state index is 13.8. The molecular formula is C14H12ClFN2O2. The number of rotatable bonds is 3. The molecule has 104 valence electrons. The Morgan fingerprint density at radius 1 is 1.30 bits per heavy atom. The third-order valence-corrected chi connectivity index (χ3v) is 3.15. The van der Waals surface area contributed by atoms with Gasteiger partial charge in [-0.25, -0.2) is 4.39 Å². The lowest BCUT2D eigenvalue weighted by atomic mass is 10.1. The summed E-state index contributed by atoms with van der Waals surface area (Å²) in [7, 11) is 0. The quantitative estimate of drug-likeness (QED) is 0.853. The largest absolute Gasteiger partial charge is 0.454 e. The van der Waals surface area contributed by atoms with Crippen LogP contribution in [0.3, 0.4) is 0 Å². The van der Waals surface area contributed by atoms with E-state index in [2.05, 4.69) is 0 Å². The number of ether oxygens (including phenoxy) is 1. The zero-order valence-corrected chi connectivity index (χ0v) is 11.4. The molecule has 6 heteroatoms. The van der Waals surface area contributed by atoms with E-state index in [0.717, 1.165) is 11.6 Å². The first-order valence-electron chi connectivity index (χ1n) is 5.71. The van der Waals surface area contributed by atoms with E-state index in [4.69, 9.17) is 27.8 Å². The first-order chi connectivity index (χ1) is 9.38. The van der Waals surface area contributed by atoms with Gasteiger partial charge in [-0.3, -0.25) is 4.79 Å². The highest BCUT2D eigenvalue weighted by molar-refractivity contribution is 6.31. The Morgan fingerprint density at radius 3 is 2.60 bits per heavy atom. The van der Waals surface area contributed by atoms with Gasteiger partial charge in [-0.15, -0.1) is 0 Å². The molecule has 0 aliphatic carbocycles. The highest BCUT2D eigenvalue weighted by Crippen LogP contribution is 2.30. The summed E-state index contributed by atoms with van der Waals surface area (Å²) in [5.41, 5.74) is 11.4. The first-order valence-corrected chi connectivity index (χ1v) is 6.09. The van der Waals surface area contributed by atoms with Crippen molar-refractivity contribution in [3.8, 4) is 11.5 Å². The van der Waals surface area contributed by atoms with E-state index in [1.165, 1.54) is 6.07 Å². The molecule has 0 saturated carbocycles. The lowest BCUT2D eigenvalue weighted by molar-refractivity contribution is 0.100. The fraction of sp³-hybridized carbons (Fsp3) is 0.0714. The van der Waals surface area contributed by atoms with Crippen molar-refractivity contribution in [2.75, 3.05) is 5.73 Å². The minimum absolute atomic E-state index is 0.00656. The fourth-order valence-corrected chi connectivity index (χ4v) is 1.79. The molecule has 0 aromatic heterocycles. The van der Waals surface area contributed by atoms with Crippen molar-refractivity contribution in [1.29, 1.82) is 0 Å². The van der Waals surface area contributed by atoms with Crippen LogP contribution in [0.15, 0.2) is 30.3 Å².